The number of hydrogen-bond acceptors (Lipinski definition) is 8. The number of barbiturate groups is 1. The van der Waals surface area contributed by atoms with Crippen molar-refractivity contribution in [3.8, 4) is 17.2 Å². The molecule has 1 fully saturated rings. The number of carbonyl (C=O) groups is 4. The van der Waals surface area contributed by atoms with E-state index in [1.807, 2.05) is 6.92 Å². The van der Waals surface area contributed by atoms with Crippen LogP contribution in [0, 0.1) is 0 Å². The molecule has 1 aromatic heterocycles. The number of nitrogens with one attached hydrogen (secondary N) is 1. The van der Waals surface area contributed by atoms with Gasteiger partial charge in [0.15, 0.2) is 11.5 Å². The molecule has 37 heavy (non-hydrogen) atoms. The zero-order valence-electron chi connectivity index (χ0n) is 19.8. The molecular formula is C26H22N2O9. The molecule has 2 N–H and O–H groups in total. The number of aromatic carboxylic acids is 1. The molecule has 0 bridgehead atoms. The van der Waals surface area contributed by atoms with E-state index in [9.17, 15) is 19.2 Å². The smallest absolute Gasteiger partial charge is 0.371 e. The molecule has 2 aromatic carbocycles. The molecule has 1 aliphatic heterocycles. The molecule has 0 aliphatic carbocycles. The second-order valence-corrected chi connectivity index (χ2v) is 7.66. The van der Waals surface area contributed by atoms with Crippen LogP contribution in [-0.4, -0.2) is 42.6 Å². The van der Waals surface area contributed by atoms with E-state index in [4.69, 9.17) is 23.7 Å². The molecule has 3 aromatic rings. The molecule has 0 unspecified atom stereocenters. The predicted octanol–water partition coefficient (Wildman–Crippen LogP) is 3.63. The number of nitrogens with zero attached hydrogens (tertiary/aromatic N) is 1. The largest absolute Gasteiger partial charge is 0.494 e. The first-order chi connectivity index (χ1) is 17.8. The van der Waals surface area contributed by atoms with Gasteiger partial charge in [0.25, 0.3) is 11.8 Å². The number of furan rings is 1. The van der Waals surface area contributed by atoms with Gasteiger partial charge >= 0.3 is 12.0 Å². The van der Waals surface area contributed by atoms with Crippen molar-refractivity contribution in [2.45, 2.75) is 13.5 Å². The summed E-state index contributed by atoms with van der Waals surface area (Å²) in [5.74, 6) is -1.65. The molecule has 0 saturated carbocycles. The fraction of sp³-hybridized carbons (Fsp3) is 0.154. The van der Waals surface area contributed by atoms with E-state index in [0.717, 1.165) is 4.90 Å². The Morgan fingerprint density at radius 3 is 2.57 bits per heavy atom. The number of rotatable bonds is 9. The van der Waals surface area contributed by atoms with Gasteiger partial charge in [0.05, 0.1) is 19.4 Å². The van der Waals surface area contributed by atoms with E-state index < -0.39 is 23.8 Å². The molecule has 0 spiro atoms. The van der Waals surface area contributed by atoms with E-state index in [-0.39, 0.29) is 23.6 Å². The quantitative estimate of drug-likeness (QED) is 0.328. The molecule has 4 amide bonds. The van der Waals surface area contributed by atoms with Gasteiger partial charge < -0.3 is 23.7 Å². The SMILES string of the molecule is CCOc1cccc(N2C(=O)NC(=O)/C(=C\c3ccc(OCc4ccc(C(=O)O)o4)c(OC)c3)C2=O)c1. The molecule has 0 atom stereocenters. The fourth-order valence-corrected chi connectivity index (χ4v) is 3.55. The lowest BCUT2D eigenvalue weighted by molar-refractivity contribution is -0.122. The van der Waals surface area contributed by atoms with Crippen LogP contribution in [0.25, 0.3) is 6.08 Å². The number of carboxylic acids is 1. The van der Waals surface area contributed by atoms with Crippen molar-refractivity contribution >= 4 is 35.6 Å². The summed E-state index contributed by atoms with van der Waals surface area (Å²) in [5, 5.41) is 11.1. The van der Waals surface area contributed by atoms with E-state index in [1.54, 1.807) is 36.4 Å². The van der Waals surface area contributed by atoms with E-state index >= 15 is 0 Å². The van der Waals surface area contributed by atoms with Gasteiger partial charge in [-0.3, -0.25) is 14.9 Å². The van der Waals surface area contributed by atoms with Crippen LogP contribution in [0.5, 0.6) is 17.2 Å². The van der Waals surface area contributed by atoms with Crippen LogP contribution in [0.1, 0.15) is 28.8 Å². The van der Waals surface area contributed by atoms with Gasteiger partial charge in [-0.05, 0) is 55.0 Å². The maximum atomic E-state index is 13.2. The van der Waals surface area contributed by atoms with Crippen molar-refractivity contribution in [2.24, 2.45) is 0 Å². The number of imide groups is 2. The number of anilines is 1. The summed E-state index contributed by atoms with van der Waals surface area (Å²) in [4.78, 5) is 50.0. The molecule has 1 aliphatic rings. The molecule has 1 saturated heterocycles. The van der Waals surface area contributed by atoms with Crippen molar-refractivity contribution in [1.29, 1.82) is 0 Å². The van der Waals surface area contributed by atoms with Gasteiger partial charge in [-0.15, -0.1) is 0 Å². The summed E-state index contributed by atoms with van der Waals surface area (Å²) in [6.07, 6.45) is 1.33. The molecule has 11 nitrogen and oxygen atoms in total. The normalized spacial score (nSPS) is 14.5. The zero-order valence-corrected chi connectivity index (χ0v) is 19.8. The summed E-state index contributed by atoms with van der Waals surface area (Å²) < 4.78 is 21.6. The van der Waals surface area contributed by atoms with Crippen LogP contribution in [0.2, 0.25) is 0 Å². The first-order valence-electron chi connectivity index (χ1n) is 11.1. The summed E-state index contributed by atoms with van der Waals surface area (Å²) in [7, 11) is 1.42. The number of amides is 4. The van der Waals surface area contributed by atoms with Crippen molar-refractivity contribution in [3.63, 3.8) is 0 Å². The Morgan fingerprint density at radius 1 is 1.05 bits per heavy atom. The van der Waals surface area contributed by atoms with Crippen LogP contribution in [0.4, 0.5) is 10.5 Å². The monoisotopic (exact) mass is 506 g/mol. The maximum Gasteiger partial charge on any atom is 0.371 e. The fourth-order valence-electron chi connectivity index (χ4n) is 3.55. The van der Waals surface area contributed by atoms with Crippen molar-refractivity contribution in [2.75, 3.05) is 18.6 Å². The third-order valence-corrected chi connectivity index (χ3v) is 5.23. The molecule has 0 radical (unpaired) electrons. The van der Waals surface area contributed by atoms with Gasteiger partial charge in [-0.1, -0.05) is 12.1 Å². The third kappa shape index (κ3) is 5.45. The van der Waals surface area contributed by atoms with Gasteiger partial charge in [-0.25, -0.2) is 14.5 Å². The minimum absolute atomic E-state index is 0.0527. The van der Waals surface area contributed by atoms with Crippen molar-refractivity contribution in [1.82, 2.24) is 5.32 Å². The van der Waals surface area contributed by atoms with E-state index in [1.165, 1.54) is 31.4 Å². The highest BCUT2D eigenvalue weighted by Gasteiger charge is 2.37. The van der Waals surface area contributed by atoms with Crippen LogP contribution >= 0.6 is 0 Å². The number of urea groups is 1. The lowest BCUT2D eigenvalue weighted by atomic mass is 10.1. The number of carboxylic acid groups (broad SMARTS) is 1. The van der Waals surface area contributed by atoms with E-state index in [0.29, 0.717) is 35.2 Å². The Bertz CT molecular complexity index is 1410. The molecule has 190 valence electrons. The van der Waals surface area contributed by atoms with Crippen molar-refractivity contribution < 1.29 is 42.9 Å². The molecule has 2 heterocycles. The number of ether oxygens (including phenoxy) is 3. The molecule has 11 heteroatoms. The lowest BCUT2D eigenvalue weighted by Crippen LogP contribution is -2.54. The zero-order chi connectivity index (χ0) is 26.5. The Morgan fingerprint density at radius 2 is 1.86 bits per heavy atom. The highest BCUT2D eigenvalue weighted by molar-refractivity contribution is 6.39. The average Bonchev–Trinajstić information content (AvgIpc) is 3.35. The first-order valence-corrected chi connectivity index (χ1v) is 11.1. The standard InChI is InChI=1S/C26H22N2O9/c1-3-35-17-6-4-5-16(13-17)28-24(30)19(23(29)27-26(28)33)11-15-7-9-20(22(12-15)34-2)36-14-18-8-10-21(37-18)25(31)32/h4-13H,3,14H2,1-2H3,(H,31,32)(H,27,29,33)/b19-11+. The summed E-state index contributed by atoms with van der Waals surface area (Å²) in [6.45, 7) is 2.16. The summed E-state index contributed by atoms with van der Waals surface area (Å²) >= 11 is 0. The highest BCUT2D eigenvalue weighted by atomic mass is 16.5. The lowest BCUT2D eigenvalue weighted by Gasteiger charge is -2.26. The number of methoxy groups -OCH3 is 1. The minimum atomic E-state index is -1.19. The summed E-state index contributed by atoms with van der Waals surface area (Å²) in [6, 6.07) is 13.0. The van der Waals surface area contributed by atoms with Gasteiger partial charge in [0.1, 0.15) is 23.7 Å². The topological polar surface area (TPSA) is 145 Å². The van der Waals surface area contributed by atoms with Crippen molar-refractivity contribution in [3.05, 3.63) is 77.3 Å². The number of carbonyl (C=O) groups excluding carboxylic acids is 3. The van der Waals surface area contributed by atoms with Gasteiger partial charge in [-0.2, -0.15) is 0 Å². The second-order valence-electron chi connectivity index (χ2n) is 7.66. The third-order valence-electron chi connectivity index (χ3n) is 5.23. The molecule has 4 rings (SSSR count). The number of benzene rings is 2. The summed E-state index contributed by atoms with van der Waals surface area (Å²) in [5.41, 5.74) is 0.428. The minimum Gasteiger partial charge on any atom is -0.494 e. The van der Waals surface area contributed by atoms with Crippen LogP contribution in [-0.2, 0) is 16.2 Å². The highest BCUT2D eigenvalue weighted by Crippen LogP contribution is 2.31. The Balaban J connectivity index is 1.57. The Hall–Kier alpha value is -5.06. The van der Waals surface area contributed by atoms with Crippen LogP contribution in [0.3, 0.4) is 0 Å². The first kappa shape index (κ1) is 25.0. The maximum absolute atomic E-state index is 13.2. The molecular weight excluding hydrogens is 484 g/mol. The van der Waals surface area contributed by atoms with Gasteiger partial charge in [0, 0.05) is 6.07 Å². The van der Waals surface area contributed by atoms with Gasteiger partial charge in [0.2, 0.25) is 5.76 Å². The van der Waals surface area contributed by atoms with Crippen LogP contribution in [0.15, 0.2) is 64.6 Å². The predicted molar refractivity (Wildman–Crippen MR) is 130 cm³/mol. The second kappa shape index (κ2) is 10.7. The number of hydrogen-bond donors (Lipinski definition) is 2. The van der Waals surface area contributed by atoms with E-state index in [2.05, 4.69) is 5.32 Å². The van der Waals surface area contributed by atoms with Crippen LogP contribution < -0.4 is 24.4 Å². The Labute approximate surface area is 210 Å². The average molecular weight is 506 g/mol. The Kier molecular flexibility index (Phi) is 7.23.